The second-order valence-electron chi connectivity index (χ2n) is 5.22. The maximum atomic E-state index is 13.9. The molecule has 5 heteroatoms. The summed E-state index contributed by atoms with van der Waals surface area (Å²) < 4.78 is 13.9. The molecule has 0 aliphatic heterocycles. The molecular weight excluding hydrogens is 305 g/mol. The minimum absolute atomic E-state index is 0.186. The fourth-order valence-corrected chi connectivity index (χ4v) is 2.44. The molecule has 0 radical (unpaired) electrons. The average molecular weight is 324 g/mol. The minimum atomic E-state index is -0.797. The summed E-state index contributed by atoms with van der Waals surface area (Å²) in [6.45, 7) is 1.77. The van der Waals surface area contributed by atoms with Crippen molar-refractivity contribution in [2.45, 2.75) is 25.2 Å². The van der Waals surface area contributed by atoms with Crippen LogP contribution in [0, 0.1) is 5.82 Å². The van der Waals surface area contributed by atoms with Crippen LogP contribution in [0.3, 0.4) is 0 Å². The lowest BCUT2D eigenvalue weighted by molar-refractivity contribution is 0.120. The third-order valence-electron chi connectivity index (χ3n) is 3.51. The lowest BCUT2D eigenvalue weighted by Gasteiger charge is -2.24. The SMILES string of the molecule is CC(O)C(NC[C@H](O)c1ccc(Cl)cc1)c1ccccc1F. The van der Waals surface area contributed by atoms with Crippen molar-refractivity contribution in [1.29, 1.82) is 0 Å². The Morgan fingerprint density at radius 2 is 1.73 bits per heavy atom. The predicted octanol–water partition coefficient (Wildman–Crippen LogP) is 3.22. The first kappa shape index (κ1) is 16.9. The molecule has 0 aliphatic rings. The van der Waals surface area contributed by atoms with E-state index in [0.29, 0.717) is 16.1 Å². The molecule has 22 heavy (non-hydrogen) atoms. The van der Waals surface area contributed by atoms with Gasteiger partial charge in [-0.25, -0.2) is 4.39 Å². The molecule has 2 aromatic carbocycles. The van der Waals surface area contributed by atoms with Gasteiger partial charge in [-0.15, -0.1) is 0 Å². The van der Waals surface area contributed by atoms with Crippen LogP contribution in [0.4, 0.5) is 4.39 Å². The molecule has 0 fully saturated rings. The molecular formula is C17H19ClFNO2. The Balaban J connectivity index is 2.06. The van der Waals surface area contributed by atoms with Crippen molar-refractivity contribution in [3.05, 3.63) is 70.5 Å². The molecule has 3 N–H and O–H groups in total. The molecule has 2 unspecified atom stereocenters. The first-order valence-corrected chi connectivity index (χ1v) is 7.46. The number of hydrogen-bond acceptors (Lipinski definition) is 3. The smallest absolute Gasteiger partial charge is 0.128 e. The summed E-state index contributed by atoms with van der Waals surface area (Å²) in [4.78, 5) is 0. The molecule has 2 rings (SSSR count). The number of aliphatic hydroxyl groups is 2. The zero-order chi connectivity index (χ0) is 16.1. The predicted molar refractivity (Wildman–Crippen MR) is 85.2 cm³/mol. The van der Waals surface area contributed by atoms with Crippen LogP contribution in [-0.2, 0) is 0 Å². The lowest BCUT2D eigenvalue weighted by Crippen LogP contribution is -2.33. The van der Waals surface area contributed by atoms with Gasteiger partial charge in [0.15, 0.2) is 0 Å². The minimum Gasteiger partial charge on any atom is -0.391 e. The summed E-state index contributed by atoms with van der Waals surface area (Å²) in [6, 6.07) is 12.5. The van der Waals surface area contributed by atoms with Crippen molar-refractivity contribution in [2.24, 2.45) is 0 Å². The Bertz CT molecular complexity index is 604. The molecule has 118 valence electrons. The van der Waals surface area contributed by atoms with E-state index in [4.69, 9.17) is 11.6 Å². The van der Waals surface area contributed by atoms with Gasteiger partial charge in [-0.1, -0.05) is 41.9 Å². The summed E-state index contributed by atoms with van der Waals surface area (Å²) >= 11 is 5.81. The maximum Gasteiger partial charge on any atom is 0.128 e. The van der Waals surface area contributed by atoms with Crippen LogP contribution < -0.4 is 5.32 Å². The van der Waals surface area contributed by atoms with E-state index in [9.17, 15) is 14.6 Å². The quantitative estimate of drug-likeness (QED) is 0.765. The molecule has 0 aromatic heterocycles. The van der Waals surface area contributed by atoms with Crippen LogP contribution >= 0.6 is 11.6 Å². The fourth-order valence-electron chi connectivity index (χ4n) is 2.31. The van der Waals surface area contributed by atoms with Crippen molar-refractivity contribution in [2.75, 3.05) is 6.54 Å². The van der Waals surface area contributed by atoms with E-state index < -0.39 is 18.2 Å². The summed E-state index contributed by atoms with van der Waals surface area (Å²) in [5.41, 5.74) is 1.08. The zero-order valence-corrected chi connectivity index (χ0v) is 13.0. The van der Waals surface area contributed by atoms with Crippen LogP contribution in [0.5, 0.6) is 0 Å². The Kier molecular flexibility index (Phi) is 5.91. The van der Waals surface area contributed by atoms with Crippen LogP contribution in [0.2, 0.25) is 5.02 Å². The molecule has 0 bridgehead atoms. The Labute approximate surface area is 134 Å². The molecule has 3 nitrogen and oxygen atoms in total. The fraction of sp³-hybridized carbons (Fsp3) is 0.294. The molecule has 0 saturated carbocycles. The van der Waals surface area contributed by atoms with Crippen LogP contribution in [0.15, 0.2) is 48.5 Å². The highest BCUT2D eigenvalue weighted by Gasteiger charge is 2.21. The standard InChI is InChI=1S/C17H19ClFNO2/c1-11(21)17(14-4-2-3-5-15(14)19)20-10-16(22)12-6-8-13(18)9-7-12/h2-9,11,16-17,20-22H,10H2,1H3/t11?,16-,17?/m0/s1. The summed E-state index contributed by atoms with van der Waals surface area (Å²) in [5.74, 6) is -0.387. The highest BCUT2D eigenvalue weighted by atomic mass is 35.5. The van der Waals surface area contributed by atoms with Crippen molar-refractivity contribution < 1.29 is 14.6 Å². The van der Waals surface area contributed by atoms with Gasteiger partial charge in [0, 0.05) is 17.1 Å². The van der Waals surface area contributed by atoms with Gasteiger partial charge < -0.3 is 15.5 Å². The molecule has 2 aromatic rings. The van der Waals surface area contributed by atoms with Crippen LogP contribution in [0.1, 0.15) is 30.2 Å². The number of hydrogen-bond donors (Lipinski definition) is 3. The van der Waals surface area contributed by atoms with E-state index in [-0.39, 0.29) is 12.4 Å². The van der Waals surface area contributed by atoms with Crippen LogP contribution in [-0.4, -0.2) is 22.9 Å². The largest absolute Gasteiger partial charge is 0.391 e. The van der Waals surface area contributed by atoms with Gasteiger partial charge in [-0.3, -0.25) is 0 Å². The maximum absolute atomic E-state index is 13.9. The van der Waals surface area contributed by atoms with Crippen molar-refractivity contribution >= 4 is 11.6 Å². The molecule has 0 spiro atoms. The van der Waals surface area contributed by atoms with Gasteiger partial charge in [0.2, 0.25) is 0 Å². The number of halogens is 2. The number of benzene rings is 2. The first-order chi connectivity index (χ1) is 10.5. The average Bonchev–Trinajstić information content (AvgIpc) is 2.49. The lowest BCUT2D eigenvalue weighted by atomic mass is 10.0. The van der Waals surface area contributed by atoms with Crippen molar-refractivity contribution in [1.82, 2.24) is 5.32 Å². The second-order valence-corrected chi connectivity index (χ2v) is 5.65. The number of aliphatic hydroxyl groups excluding tert-OH is 2. The Hall–Kier alpha value is -1.46. The van der Waals surface area contributed by atoms with Crippen molar-refractivity contribution in [3.63, 3.8) is 0 Å². The number of nitrogens with one attached hydrogen (secondary N) is 1. The van der Waals surface area contributed by atoms with Gasteiger partial charge in [0.1, 0.15) is 5.82 Å². The summed E-state index contributed by atoms with van der Waals surface area (Å²) in [6.07, 6.45) is -1.57. The third kappa shape index (κ3) is 4.27. The zero-order valence-electron chi connectivity index (χ0n) is 12.2. The monoisotopic (exact) mass is 323 g/mol. The van der Waals surface area contributed by atoms with Crippen LogP contribution in [0.25, 0.3) is 0 Å². The molecule has 3 atom stereocenters. The Morgan fingerprint density at radius 1 is 1.09 bits per heavy atom. The van der Waals surface area contributed by atoms with Gasteiger partial charge in [0.05, 0.1) is 18.2 Å². The highest BCUT2D eigenvalue weighted by Crippen LogP contribution is 2.22. The van der Waals surface area contributed by atoms with Gasteiger partial charge in [-0.05, 0) is 30.7 Å². The molecule has 0 aliphatic carbocycles. The molecule has 0 heterocycles. The summed E-state index contributed by atoms with van der Waals surface area (Å²) in [7, 11) is 0. The molecule has 0 amide bonds. The topological polar surface area (TPSA) is 52.5 Å². The van der Waals surface area contributed by atoms with E-state index in [1.165, 1.54) is 6.07 Å². The van der Waals surface area contributed by atoms with Gasteiger partial charge >= 0.3 is 0 Å². The van der Waals surface area contributed by atoms with E-state index in [2.05, 4.69) is 5.32 Å². The highest BCUT2D eigenvalue weighted by molar-refractivity contribution is 6.30. The van der Waals surface area contributed by atoms with Gasteiger partial charge in [0.25, 0.3) is 0 Å². The van der Waals surface area contributed by atoms with Crippen molar-refractivity contribution in [3.8, 4) is 0 Å². The normalized spacial score (nSPS) is 15.3. The Morgan fingerprint density at radius 3 is 2.32 bits per heavy atom. The van der Waals surface area contributed by atoms with E-state index in [0.717, 1.165) is 0 Å². The first-order valence-electron chi connectivity index (χ1n) is 7.08. The van der Waals surface area contributed by atoms with E-state index >= 15 is 0 Å². The van der Waals surface area contributed by atoms with E-state index in [1.54, 1.807) is 49.4 Å². The van der Waals surface area contributed by atoms with E-state index in [1.807, 2.05) is 0 Å². The third-order valence-corrected chi connectivity index (χ3v) is 3.76. The number of rotatable bonds is 6. The molecule has 0 saturated heterocycles. The summed E-state index contributed by atoms with van der Waals surface area (Å²) in [5, 5.41) is 23.7. The van der Waals surface area contributed by atoms with Gasteiger partial charge in [-0.2, -0.15) is 0 Å². The second kappa shape index (κ2) is 7.70.